The predicted octanol–water partition coefficient (Wildman–Crippen LogP) is 3.03. The van der Waals surface area contributed by atoms with Crippen molar-refractivity contribution in [1.29, 1.82) is 0 Å². The molecule has 1 heterocycles. The van der Waals surface area contributed by atoms with Crippen molar-refractivity contribution in [3.63, 3.8) is 0 Å². The summed E-state index contributed by atoms with van der Waals surface area (Å²) in [4.78, 5) is 4.94. The molecule has 0 aromatic heterocycles. The zero-order valence-corrected chi connectivity index (χ0v) is 13.4. The molecule has 0 saturated carbocycles. The molecule has 1 atom stereocenters. The van der Waals surface area contributed by atoms with Crippen molar-refractivity contribution in [2.45, 2.75) is 26.4 Å². The maximum absolute atomic E-state index is 9.65. The van der Waals surface area contributed by atoms with Gasteiger partial charge in [-0.3, -0.25) is 4.90 Å². The van der Waals surface area contributed by atoms with Gasteiger partial charge in [-0.2, -0.15) is 0 Å². The Balaban J connectivity index is 2.02. The summed E-state index contributed by atoms with van der Waals surface area (Å²) < 4.78 is 0.996. The van der Waals surface area contributed by atoms with Gasteiger partial charge in [0.2, 0.25) is 0 Å². The highest BCUT2D eigenvalue weighted by Crippen LogP contribution is 2.28. The third-order valence-corrected chi connectivity index (χ3v) is 4.40. The molecule has 1 aliphatic rings. The number of benzene rings is 1. The first-order valence-electron chi connectivity index (χ1n) is 7.06. The number of hydrogen-bond acceptors (Lipinski definition) is 3. The van der Waals surface area contributed by atoms with Crippen LogP contribution < -0.4 is 4.90 Å². The van der Waals surface area contributed by atoms with E-state index in [1.807, 2.05) is 6.07 Å². The average Bonchev–Trinajstić information content (AvgIpc) is 2.39. The molecule has 2 rings (SSSR count). The Bertz CT molecular complexity index is 415. The van der Waals surface area contributed by atoms with E-state index in [-0.39, 0.29) is 0 Å². The van der Waals surface area contributed by atoms with Crippen LogP contribution in [0.3, 0.4) is 0 Å². The van der Waals surface area contributed by atoms with Crippen molar-refractivity contribution in [3.8, 4) is 0 Å². The Morgan fingerprint density at radius 3 is 2.47 bits per heavy atom. The second kappa shape index (κ2) is 6.73. The van der Waals surface area contributed by atoms with Gasteiger partial charge in [-0.05, 0) is 37.6 Å². The Kier molecular flexibility index (Phi) is 5.25. The van der Waals surface area contributed by atoms with Crippen LogP contribution in [0.5, 0.6) is 0 Å². The quantitative estimate of drug-likeness (QED) is 0.921. The van der Waals surface area contributed by atoms with Gasteiger partial charge >= 0.3 is 0 Å². The zero-order chi connectivity index (χ0) is 13.8. The number of aliphatic hydroxyl groups is 1. The third kappa shape index (κ3) is 3.71. The monoisotopic (exact) mass is 326 g/mol. The summed E-state index contributed by atoms with van der Waals surface area (Å²) in [5, 5.41) is 9.65. The van der Waals surface area contributed by atoms with E-state index in [9.17, 15) is 5.11 Å². The second-order valence-electron chi connectivity index (χ2n) is 5.21. The highest BCUT2D eigenvalue weighted by Gasteiger charge is 2.17. The molecule has 1 N–H and O–H groups in total. The van der Waals surface area contributed by atoms with Crippen LogP contribution in [0, 0.1) is 0 Å². The van der Waals surface area contributed by atoms with Crippen molar-refractivity contribution >= 4 is 21.6 Å². The number of nitrogens with zero attached hydrogens (tertiary/aromatic N) is 2. The Morgan fingerprint density at radius 2 is 1.95 bits per heavy atom. The molecule has 1 saturated heterocycles. The molecular weight excluding hydrogens is 304 g/mol. The van der Waals surface area contributed by atoms with Gasteiger partial charge in [0.05, 0.1) is 6.10 Å². The summed E-state index contributed by atoms with van der Waals surface area (Å²) in [5.74, 6) is 0. The Labute approximate surface area is 124 Å². The van der Waals surface area contributed by atoms with Crippen LogP contribution in [0.1, 0.15) is 31.9 Å². The highest BCUT2D eigenvalue weighted by atomic mass is 79.9. The van der Waals surface area contributed by atoms with E-state index in [1.165, 1.54) is 18.7 Å². The average molecular weight is 327 g/mol. The largest absolute Gasteiger partial charge is 0.389 e. The van der Waals surface area contributed by atoms with E-state index in [0.29, 0.717) is 0 Å². The predicted molar refractivity (Wildman–Crippen MR) is 83.7 cm³/mol. The van der Waals surface area contributed by atoms with Gasteiger partial charge in [0.25, 0.3) is 0 Å². The van der Waals surface area contributed by atoms with Crippen molar-refractivity contribution in [2.24, 2.45) is 0 Å². The fourth-order valence-corrected chi connectivity index (χ4v) is 3.30. The van der Waals surface area contributed by atoms with Crippen LogP contribution in [0.4, 0.5) is 5.69 Å². The molecule has 4 heteroatoms. The standard InChI is InChI=1S/C15H23BrN2O/c1-3-6-17-7-9-18(10-8-17)13-4-5-14(12(2)19)15(16)11-13/h4-5,11-12,19H,3,6-10H2,1-2H3/t12-/m1/s1. The number of anilines is 1. The second-order valence-corrected chi connectivity index (χ2v) is 6.06. The normalized spacial score (nSPS) is 18.6. The summed E-state index contributed by atoms with van der Waals surface area (Å²) in [5.41, 5.74) is 2.20. The van der Waals surface area contributed by atoms with Gasteiger partial charge in [-0.25, -0.2) is 0 Å². The summed E-state index contributed by atoms with van der Waals surface area (Å²) in [6.07, 6.45) is 0.805. The summed E-state index contributed by atoms with van der Waals surface area (Å²) in [6.45, 7) is 9.69. The summed E-state index contributed by atoms with van der Waals surface area (Å²) >= 11 is 3.55. The van der Waals surface area contributed by atoms with Crippen molar-refractivity contribution in [2.75, 3.05) is 37.6 Å². The van der Waals surface area contributed by atoms with E-state index in [2.05, 4.69) is 44.8 Å². The first-order valence-corrected chi connectivity index (χ1v) is 7.86. The Hall–Kier alpha value is -0.580. The number of piperazine rings is 1. The number of rotatable bonds is 4. The molecule has 0 spiro atoms. The summed E-state index contributed by atoms with van der Waals surface area (Å²) in [6, 6.07) is 6.25. The maximum atomic E-state index is 9.65. The molecule has 1 aliphatic heterocycles. The topological polar surface area (TPSA) is 26.7 Å². The van der Waals surface area contributed by atoms with Crippen LogP contribution in [-0.2, 0) is 0 Å². The molecule has 3 nitrogen and oxygen atoms in total. The molecule has 0 aliphatic carbocycles. The van der Waals surface area contributed by atoms with Crippen LogP contribution in [0.2, 0.25) is 0 Å². The molecular formula is C15H23BrN2O. The maximum Gasteiger partial charge on any atom is 0.0772 e. The van der Waals surface area contributed by atoms with Gasteiger partial charge in [0, 0.05) is 36.3 Å². The van der Waals surface area contributed by atoms with Gasteiger partial charge in [0.1, 0.15) is 0 Å². The van der Waals surface area contributed by atoms with E-state index < -0.39 is 6.10 Å². The number of hydrogen-bond donors (Lipinski definition) is 1. The molecule has 1 aromatic carbocycles. The molecule has 0 bridgehead atoms. The fraction of sp³-hybridized carbons (Fsp3) is 0.600. The lowest BCUT2D eigenvalue weighted by Crippen LogP contribution is -2.46. The molecule has 1 fully saturated rings. The van der Waals surface area contributed by atoms with Gasteiger partial charge < -0.3 is 10.0 Å². The highest BCUT2D eigenvalue weighted by molar-refractivity contribution is 9.10. The van der Waals surface area contributed by atoms with Crippen molar-refractivity contribution in [1.82, 2.24) is 4.90 Å². The SMILES string of the molecule is CCCN1CCN(c2ccc([C@@H](C)O)c(Br)c2)CC1. The first-order chi connectivity index (χ1) is 9.11. The molecule has 0 radical (unpaired) electrons. The van der Waals surface area contributed by atoms with E-state index >= 15 is 0 Å². The third-order valence-electron chi connectivity index (χ3n) is 3.71. The Morgan fingerprint density at radius 1 is 1.26 bits per heavy atom. The smallest absolute Gasteiger partial charge is 0.0772 e. The minimum Gasteiger partial charge on any atom is -0.389 e. The fourth-order valence-electron chi connectivity index (χ4n) is 2.60. The lowest BCUT2D eigenvalue weighted by atomic mass is 10.1. The molecule has 19 heavy (non-hydrogen) atoms. The first kappa shape index (κ1) is 14.8. The van der Waals surface area contributed by atoms with Crippen LogP contribution in [0.15, 0.2) is 22.7 Å². The molecule has 1 aromatic rings. The van der Waals surface area contributed by atoms with E-state index in [1.54, 1.807) is 6.92 Å². The van der Waals surface area contributed by atoms with E-state index in [0.717, 1.165) is 36.2 Å². The molecule has 0 amide bonds. The van der Waals surface area contributed by atoms with Crippen LogP contribution >= 0.6 is 15.9 Å². The van der Waals surface area contributed by atoms with Gasteiger partial charge in [-0.1, -0.05) is 28.9 Å². The summed E-state index contributed by atoms with van der Waals surface area (Å²) in [7, 11) is 0. The van der Waals surface area contributed by atoms with Gasteiger partial charge in [-0.15, -0.1) is 0 Å². The minimum absolute atomic E-state index is 0.426. The van der Waals surface area contributed by atoms with Crippen molar-refractivity contribution < 1.29 is 5.11 Å². The van der Waals surface area contributed by atoms with Crippen molar-refractivity contribution in [3.05, 3.63) is 28.2 Å². The number of aliphatic hydroxyl groups excluding tert-OH is 1. The lowest BCUT2D eigenvalue weighted by Gasteiger charge is -2.36. The molecule has 0 unspecified atom stereocenters. The zero-order valence-electron chi connectivity index (χ0n) is 11.8. The number of halogens is 1. The van der Waals surface area contributed by atoms with Crippen LogP contribution in [0.25, 0.3) is 0 Å². The minimum atomic E-state index is -0.426. The molecule has 106 valence electrons. The van der Waals surface area contributed by atoms with Gasteiger partial charge in [0.15, 0.2) is 0 Å². The van der Waals surface area contributed by atoms with E-state index in [4.69, 9.17) is 0 Å². The van der Waals surface area contributed by atoms with Crippen LogP contribution in [-0.4, -0.2) is 42.7 Å². The lowest BCUT2D eigenvalue weighted by molar-refractivity contribution is 0.198.